The Morgan fingerprint density at radius 2 is 2.21 bits per heavy atom. The number of aryl methyl sites for hydroxylation is 1. The van der Waals surface area contributed by atoms with Crippen LogP contribution < -0.4 is 5.32 Å². The second-order valence-electron chi connectivity index (χ2n) is 5.36. The van der Waals surface area contributed by atoms with E-state index < -0.39 is 6.09 Å². The van der Waals surface area contributed by atoms with Gasteiger partial charge in [0.2, 0.25) is 11.7 Å². The molecule has 0 radical (unpaired) electrons. The molecule has 124 valence electrons. The maximum atomic E-state index is 10.8. The first-order valence-corrected chi connectivity index (χ1v) is 7.42. The minimum absolute atomic E-state index is 0.358. The van der Waals surface area contributed by atoms with Gasteiger partial charge in [-0.05, 0) is 17.5 Å². The Bertz CT molecular complexity index is 877. The Kier molecular flexibility index (Phi) is 4.28. The highest BCUT2D eigenvalue weighted by atomic mass is 16.5. The molecular weight excluding hydrogens is 310 g/mol. The van der Waals surface area contributed by atoms with E-state index in [0.717, 1.165) is 16.3 Å². The molecule has 0 saturated carbocycles. The van der Waals surface area contributed by atoms with Gasteiger partial charge in [-0.1, -0.05) is 17.3 Å². The molecule has 2 aromatic heterocycles. The van der Waals surface area contributed by atoms with Crippen molar-refractivity contribution in [3.63, 3.8) is 0 Å². The molecule has 0 unspecified atom stereocenters. The van der Waals surface area contributed by atoms with E-state index in [0.29, 0.717) is 30.6 Å². The smallest absolute Gasteiger partial charge is 0.407 e. The second-order valence-corrected chi connectivity index (χ2v) is 5.36. The summed E-state index contributed by atoms with van der Waals surface area (Å²) in [5, 5.41) is 17.9. The first-order valence-electron chi connectivity index (χ1n) is 7.42. The third-order valence-electron chi connectivity index (χ3n) is 3.62. The molecule has 0 bridgehead atoms. The SMILES string of the molecule is Cc1nc(-c2ccc3ccnc(NCCN(C)C(=O)O)c3c2)no1. The number of nitrogens with one attached hydrogen (secondary N) is 1. The van der Waals surface area contributed by atoms with Crippen LogP contribution in [0.25, 0.3) is 22.2 Å². The maximum absolute atomic E-state index is 10.8. The average molecular weight is 327 g/mol. The van der Waals surface area contributed by atoms with Gasteiger partial charge < -0.3 is 19.8 Å². The Hall–Kier alpha value is -3.16. The van der Waals surface area contributed by atoms with Gasteiger partial charge in [-0.2, -0.15) is 4.98 Å². The highest BCUT2D eigenvalue weighted by molar-refractivity contribution is 5.94. The molecule has 0 fully saturated rings. The van der Waals surface area contributed by atoms with E-state index in [1.54, 1.807) is 13.1 Å². The molecule has 1 amide bonds. The zero-order chi connectivity index (χ0) is 17.1. The molecule has 8 nitrogen and oxygen atoms in total. The number of carboxylic acid groups (broad SMARTS) is 1. The van der Waals surface area contributed by atoms with Gasteiger partial charge in [0.15, 0.2) is 0 Å². The zero-order valence-corrected chi connectivity index (χ0v) is 13.4. The Labute approximate surface area is 138 Å². The highest BCUT2D eigenvalue weighted by Crippen LogP contribution is 2.26. The third kappa shape index (κ3) is 3.27. The molecule has 3 aromatic rings. The molecule has 0 aliphatic carbocycles. The lowest BCUT2D eigenvalue weighted by atomic mass is 10.1. The van der Waals surface area contributed by atoms with Crippen molar-refractivity contribution in [1.29, 1.82) is 0 Å². The number of hydrogen-bond acceptors (Lipinski definition) is 6. The molecule has 0 saturated heterocycles. The van der Waals surface area contributed by atoms with E-state index in [1.165, 1.54) is 11.9 Å². The summed E-state index contributed by atoms with van der Waals surface area (Å²) in [6.45, 7) is 2.56. The number of aromatic nitrogens is 3. The minimum atomic E-state index is -0.961. The summed E-state index contributed by atoms with van der Waals surface area (Å²) in [5.74, 6) is 1.72. The molecule has 8 heteroatoms. The van der Waals surface area contributed by atoms with Crippen LogP contribution in [0.1, 0.15) is 5.89 Å². The second kappa shape index (κ2) is 6.53. The van der Waals surface area contributed by atoms with Crippen LogP contribution in [0.5, 0.6) is 0 Å². The molecule has 2 N–H and O–H groups in total. The Balaban J connectivity index is 1.86. The lowest BCUT2D eigenvalue weighted by molar-refractivity contribution is 0.157. The molecule has 0 aliphatic rings. The number of carbonyl (C=O) groups is 1. The van der Waals surface area contributed by atoms with Crippen molar-refractivity contribution in [2.24, 2.45) is 0 Å². The largest absolute Gasteiger partial charge is 0.465 e. The summed E-state index contributed by atoms with van der Waals surface area (Å²) in [6.07, 6.45) is 0.751. The number of benzene rings is 1. The van der Waals surface area contributed by atoms with E-state index >= 15 is 0 Å². The van der Waals surface area contributed by atoms with Crippen molar-refractivity contribution >= 4 is 22.7 Å². The lowest BCUT2D eigenvalue weighted by Gasteiger charge is -2.14. The highest BCUT2D eigenvalue weighted by Gasteiger charge is 2.10. The lowest BCUT2D eigenvalue weighted by Crippen LogP contribution is -2.29. The summed E-state index contributed by atoms with van der Waals surface area (Å²) in [6, 6.07) is 7.74. The van der Waals surface area contributed by atoms with Gasteiger partial charge >= 0.3 is 6.09 Å². The fourth-order valence-electron chi connectivity index (χ4n) is 2.30. The van der Waals surface area contributed by atoms with Gasteiger partial charge in [-0.25, -0.2) is 9.78 Å². The molecule has 0 spiro atoms. The van der Waals surface area contributed by atoms with Crippen LogP contribution in [-0.2, 0) is 0 Å². The summed E-state index contributed by atoms with van der Waals surface area (Å²) >= 11 is 0. The molecule has 0 aliphatic heterocycles. The predicted molar refractivity (Wildman–Crippen MR) is 88.9 cm³/mol. The van der Waals surface area contributed by atoms with E-state index in [2.05, 4.69) is 20.4 Å². The number of nitrogens with zero attached hydrogens (tertiary/aromatic N) is 4. The molecular formula is C16H17N5O3. The van der Waals surface area contributed by atoms with Crippen LogP contribution in [0.3, 0.4) is 0 Å². The molecule has 0 atom stereocenters. The number of likely N-dealkylation sites (N-methyl/N-ethyl adjacent to an activating group) is 1. The van der Waals surface area contributed by atoms with E-state index in [1.807, 2.05) is 24.3 Å². The minimum Gasteiger partial charge on any atom is -0.465 e. The van der Waals surface area contributed by atoms with Gasteiger partial charge in [0.05, 0.1) is 0 Å². The zero-order valence-electron chi connectivity index (χ0n) is 13.4. The number of amides is 1. The van der Waals surface area contributed by atoms with Crippen molar-refractivity contribution in [2.45, 2.75) is 6.92 Å². The summed E-state index contributed by atoms with van der Waals surface area (Å²) < 4.78 is 5.02. The molecule has 2 heterocycles. The monoisotopic (exact) mass is 327 g/mol. The average Bonchev–Trinajstić information content (AvgIpc) is 3.01. The van der Waals surface area contributed by atoms with Crippen LogP contribution >= 0.6 is 0 Å². The van der Waals surface area contributed by atoms with Crippen LogP contribution in [0, 0.1) is 6.92 Å². The fourth-order valence-corrected chi connectivity index (χ4v) is 2.30. The number of rotatable bonds is 5. The predicted octanol–water partition coefficient (Wildman–Crippen LogP) is 2.61. The van der Waals surface area contributed by atoms with Crippen LogP contribution in [0.15, 0.2) is 35.0 Å². The van der Waals surface area contributed by atoms with Gasteiger partial charge in [0.1, 0.15) is 5.82 Å². The quantitative estimate of drug-likeness (QED) is 0.742. The van der Waals surface area contributed by atoms with Crippen LogP contribution in [-0.4, -0.2) is 51.4 Å². The number of hydrogen-bond donors (Lipinski definition) is 2. The topological polar surface area (TPSA) is 104 Å². The van der Waals surface area contributed by atoms with Crippen molar-refractivity contribution in [1.82, 2.24) is 20.0 Å². The summed E-state index contributed by atoms with van der Waals surface area (Å²) in [4.78, 5) is 20.6. The number of pyridine rings is 1. The van der Waals surface area contributed by atoms with Gasteiger partial charge in [0, 0.05) is 44.2 Å². The standard InChI is InChI=1S/C16H17N5O3/c1-10-19-14(20-24-10)12-4-3-11-5-6-17-15(13(11)9-12)18-7-8-21(2)16(22)23/h3-6,9H,7-8H2,1-2H3,(H,17,18)(H,22,23). The Morgan fingerprint density at radius 3 is 2.92 bits per heavy atom. The summed E-state index contributed by atoms with van der Waals surface area (Å²) in [5.41, 5.74) is 0.832. The van der Waals surface area contributed by atoms with Gasteiger partial charge in [-0.15, -0.1) is 0 Å². The van der Waals surface area contributed by atoms with E-state index in [9.17, 15) is 4.79 Å². The van der Waals surface area contributed by atoms with Crippen molar-refractivity contribution in [3.8, 4) is 11.4 Å². The molecule has 1 aromatic carbocycles. The van der Waals surface area contributed by atoms with Gasteiger partial charge in [0.25, 0.3) is 0 Å². The normalized spacial score (nSPS) is 10.8. The van der Waals surface area contributed by atoms with E-state index in [4.69, 9.17) is 9.63 Å². The fraction of sp³-hybridized carbons (Fsp3) is 0.250. The maximum Gasteiger partial charge on any atom is 0.407 e. The number of fused-ring (bicyclic) bond motifs is 1. The first-order chi connectivity index (χ1) is 11.5. The molecule has 24 heavy (non-hydrogen) atoms. The van der Waals surface area contributed by atoms with Gasteiger partial charge in [-0.3, -0.25) is 0 Å². The van der Waals surface area contributed by atoms with Crippen LogP contribution in [0.4, 0.5) is 10.6 Å². The van der Waals surface area contributed by atoms with Crippen molar-refractivity contribution in [3.05, 3.63) is 36.4 Å². The van der Waals surface area contributed by atoms with Crippen LogP contribution in [0.2, 0.25) is 0 Å². The third-order valence-corrected chi connectivity index (χ3v) is 3.62. The van der Waals surface area contributed by atoms with E-state index in [-0.39, 0.29) is 0 Å². The number of anilines is 1. The van der Waals surface area contributed by atoms with Crippen molar-refractivity contribution in [2.75, 3.05) is 25.5 Å². The summed E-state index contributed by atoms with van der Waals surface area (Å²) in [7, 11) is 1.53. The first kappa shape index (κ1) is 15.7. The molecule has 3 rings (SSSR count). The van der Waals surface area contributed by atoms with Crippen molar-refractivity contribution < 1.29 is 14.4 Å². The Morgan fingerprint density at radius 1 is 1.38 bits per heavy atom.